The monoisotopic (exact) mass is 440 g/mol. The summed E-state index contributed by atoms with van der Waals surface area (Å²) in [5, 5.41) is 3.40. The van der Waals surface area contributed by atoms with Crippen LogP contribution in [0.25, 0.3) is 0 Å². The van der Waals surface area contributed by atoms with E-state index in [1.54, 1.807) is 19.2 Å². The summed E-state index contributed by atoms with van der Waals surface area (Å²) in [6, 6.07) is 6.99. The standard InChI is InChI=1S/C20H32N4O3S2/c1-20(2)15-24(10-12-28-20)19(21-3)22-13-16-6-8-18(9-7-16)29(25,26)23-14-17-5-4-11-27-17/h6-9,17,23H,4-5,10-15H2,1-3H3,(H,21,22). The van der Waals surface area contributed by atoms with E-state index in [1.807, 2.05) is 23.9 Å². The van der Waals surface area contributed by atoms with Gasteiger partial charge in [0.05, 0.1) is 11.0 Å². The molecule has 2 fully saturated rings. The van der Waals surface area contributed by atoms with Gasteiger partial charge in [0.25, 0.3) is 0 Å². The minimum atomic E-state index is -3.52. The van der Waals surface area contributed by atoms with Crippen LogP contribution in [0.5, 0.6) is 0 Å². The first-order valence-corrected chi connectivity index (χ1v) is 12.6. The zero-order valence-corrected chi connectivity index (χ0v) is 19.1. The van der Waals surface area contributed by atoms with Crippen LogP contribution in [0.3, 0.4) is 0 Å². The smallest absolute Gasteiger partial charge is 0.240 e. The van der Waals surface area contributed by atoms with Crippen LogP contribution in [-0.4, -0.2) is 69.2 Å². The van der Waals surface area contributed by atoms with Crippen molar-refractivity contribution in [2.24, 2.45) is 4.99 Å². The Morgan fingerprint density at radius 3 is 2.72 bits per heavy atom. The highest BCUT2D eigenvalue weighted by Crippen LogP contribution is 2.29. The summed E-state index contributed by atoms with van der Waals surface area (Å²) in [5.74, 6) is 1.97. The zero-order valence-electron chi connectivity index (χ0n) is 17.5. The van der Waals surface area contributed by atoms with E-state index in [4.69, 9.17) is 4.74 Å². The first-order valence-electron chi connectivity index (χ1n) is 10.1. The molecular formula is C20H32N4O3S2. The molecule has 2 saturated heterocycles. The van der Waals surface area contributed by atoms with Crippen molar-refractivity contribution in [3.63, 3.8) is 0 Å². The van der Waals surface area contributed by atoms with E-state index in [2.05, 4.69) is 33.8 Å². The second kappa shape index (κ2) is 9.68. The molecule has 0 aromatic heterocycles. The van der Waals surface area contributed by atoms with Gasteiger partial charge >= 0.3 is 0 Å². The molecule has 9 heteroatoms. The maximum atomic E-state index is 12.5. The lowest BCUT2D eigenvalue weighted by atomic mass is 10.2. The number of sulfonamides is 1. The van der Waals surface area contributed by atoms with E-state index in [0.717, 1.165) is 43.2 Å². The van der Waals surface area contributed by atoms with Crippen LogP contribution in [-0.2, 0) is 21.3 Å². The molecule has 0 aliphatic carbocycles. The van der Waals surface area contributed by atoms with Crippen molar-refractivity contribution in [2.75, 3.05) is 39.0 Å². The number of aliphatic imine (C=N–C) groups is 1. The topological polar surface area (TPSA) is 83.0 Å². The third-order valence-corrected chi connectivity index (χ3v) is 7.88. The Hall–Kier alpha value is -1.29. The second-order valence-corrected chi connectivity index (χ2v) is 11.6. The number of nitrogens with zero attached hydrogens (tertiary/aromatic N) is 2. The Kier molecular flexibility index (Phi) is 7.47. The van der Waals surface area contributed by atoms with Crippen LogP contribution in [0.4, 0.5) is 0 Å². The summed E-state index contributed by atoms with van der Waals surface area (Å²) in [7, 11) is -1.72. The van der Waals surface area contributed by atoms with Gasteiger partial charge < -0.3 is 15.0 Å². The number of guanidine groups is 1. The SMILES string of the molecule is CN=C(NCc1ccc(S(=O)(=O)NCC2CCCO2)cc1)N1CCSC(C)(C)C1. The molecule has 162 valence electrons. The van der Waals surface area contributed by atoms with E-state index >= 15 is 0 Å². The average molecular weight is 441 g/mol. The van der Waals surface area contributed by atoms with E-state index in [1.165, 1.54) is 0 Å². The van der Waals surface area contributed by atoms with Gasteiger partial charge in [-0.2, -0.15) is 11.8 Å². The van der Waals surface area contributed by atoms with Gasteiger partial charge in [0.1, 0.15) is 0 Å². The van der Waals surface area contributed by atoms with Crippen molar-refractivity contribution in [1.82, 2.24) is 14.9 Å². The number of hydrogen-bond donors (Lipinski definition) is 2. The lowest BCUT2D eigenvalue weighted by Gasteiger charge is -2.39. The molecule has 0 spiro atoms. The third-order valence-electron chi connectivity index (χ3n) is 5.15. The summed E-state index contributed by atoms with van der Waals surface area (Å²) in [4.78, 5) is 6.97. The average Bonchev–Trinajstić information content (AvgIpc) is 3.20. The van der Waals surface area contributed by atoms with E-state index in [-0.39, 0.29) is 15.7 Å². The number of nitrogens with one attached hydrogen (secondary N) is 2. The molecule has 2 aliphatic rings. The molecule has 1 aromatic carbocycles. The molecule has 0 radical (unpaired) electrons. The fourth-order valence-corrected chi connectivity index (χ4v) is 5.77. The Morgan fingerprint density at radius 1 is 1.34 bits per heavy atom. The fourth-order valence-electron chi connectivity index (χ4n) is 3.59. The summed E-state index contributed by atoms with van der Waals surface area (Å²) < 4.78 is 33.3. The number of benzene rings is 1. The van der Waals surface area contributed by atoms with Crippen molar-refractivity contribution in [3.05, 3.63) is 29.8 Å². The quantitative estimate of drug-likeness (QED) is 0.520. The maximum Gasteiger partial charge on any atom is 0.240 e. The van der Waals surface area contributed by atoms with Crippen LogP contribution >= 0.6 is 11.8 Å². The van der Waals surface area contributed by atoms with E-state index in [0.29, 0.717) is 19.7 Å². The Balaban J connectivity index is 1.54. The minimum absolute atomic E-state index is 0.0156. The highest BCUT2D eigenvalue weighted by atomic mass is 32.2. The molecule has 1 atom stereocenters. The highest BCUT2D eigenvalue weighted by Gasteiger charge is 2.28. The van der Waals surface area contributed by atoms with E-state index in [9.17, 15) is 8.42 Å². The van der Waals surface area contributed by atoms with Crippen LogP contribution in [0.2, 0.25) is 0 Å². The molecule has 2 heterocycles. The molecule has 1 aromatic rings. The zero-order chi connectivity index (χ0) is 20.9. The Morgan fingerprint density at radius 2 is 2.10 bits per heavy atom. The predicted molar refractivity (Wildman–Crippen MR) is 119 cm³/mol. The van der Waals surface area contributed by atoms with Gasteiger partial charge in [0.2, 0.25) is 10.0 Å². The van der Waals surface area contributed by atoms with Gasteiger partial charge in [0.15, 0.2) is 5.96 Å². The number of rotatable bonds is 6. The molecule has 0 bridgehead atoms. The Bertz CT molecular complexity index is 804. The summed E-state index contributed by atoms with van der Waals surface area (Å²) in [6.07, 6.45) is 1.88. The van der Waals surface area contributed by atoms with Gasteiger partial charge in [-0.1, -0.05) is 12.1 Å². The normalized spacial score (nSPS) is 22.7. The molecule has 3 rings (SSSR count). The third kappa shape index (κ3) is 6.34. The first kappa shape index (κ1) is 22.4. The summed E-state index contributed by atoms with van der Waals surface area (Å²) >= 11 is 1.99. The lowest BCUT2D eigenvalue weighted by Crippen LogP contribution is -2.50. The lowest BCUT2D eigenvalue weighted by molar-refractivity contribution is 0.114. The molecule has 29 heavy (non-hydrogen) atoms. The summed E-state index contributed by atoms with van der Waals surface area (Å²) in [6.45, 7) is 8.07. The van der Waals surface area contributed by atoms with Crippen molar-refractivity contribution in [1.29, 1.82) is 0 Å². The molecule has 2 N–H and O–H groups in total. The van der Waals surface area contributed by atoms with Crippen LogP contribution in [0, 0.1) is 0 Å². The molecule has 1 unspecified atom stereocenters. The van der Waals surface area contributed by atoms with Crippen LogP contribution in [0.1, 0.15) is 32.3 Å². The second-order valence-electron chi connectivity index (χ2n) is 8.06. The van der Waals surface area contributed by atoms with Gasteiger partial charge in [0, 0.05) is 50.3 Å². The van der Waals surface area contributed by atoms with Crippen LogP contribution in [0.15, 0.2) is 34.2 Å². The first-order chi connectivity index (χ1) is 13.8. The van der Waals surface area contributed by atoms with Crippen LogP contribution < -0.4 is 10.0 Å². The maximum absolute atomic E-state index is 12.5. The number of hydrogen-bond acceptors (Lipinski definition) is 5. The van der Waals surface area contributed by atoms with Crippen molar-refractivity contribution in [3.8, 4) is 0 Å². The van der Waals surface area contributed by atoms with Gasteiger partial charge in [-0.3, -0.25) is 4.99 Å². The molecular weight excluding hydrogens is 408 g/mol. The predicted octanol–water partition coefficient (Wildman–Crippen LogP) is 2.05. The minimum Gasteiger partial charge on any atom is -0.377 e. The number of thioether (sulfide) groups is 1. The largest absolute Gasteiger partial charge is 0.377 e. The molecule has 7 nitrogen and oxygen atoms in total. The number of ether oxygens (including phenoxy) is 1. The van der Waals surface area contributed by atoms with Gasteiger partial charge in [-0.05, 0) is 44.4 Å². The molecule has 0 amide bonds. The molecule has 2 aliphatic heterocycles. The Labute approximate surface area is 178 Å². The molecule has 0 saturated carbocycles. The van der Waals surface area contributed by atoms with E-state index < -0.39 is 10.0 Å². The van der Waals surface area contributed by atoms with Gasteiger partial charge in [-0.15, -0.1) is 0 Å². The van der Waals surface area contributed by atoms with Gasteiger partial charge in [-0.25, -0.2) is 13.1 Å². The van der Waals surface area contributed by atoms with Crippen molar-refractivity contribution < 1.29 is 13.2 Å². The van der Waals surface area contributed by atoms with Crippen molar-refractivity contribution in [2.45, 2.75) is 49.0 Å². The van der Waals surface area contributed by atoms with Crippen molar-refractivity contribution >= 4 is 27.7 Å². The fraction of sp³-hybridized carbons (Fsp3) is 0.650. The summed E-state index contributed by atoms with van der Waals surface area (Å²) in [5.41, 5.74) is 1.01. The highest BCUT2D eigenvalue weighted by molar-refractivity contribution is 8.00.